The summed E-state index contributed by atoms with van der Waals surface area (Å²) in [6.07, 6.45) is -4.21. The highest BCUT2D eigenvalue weighted by molar-refractivity contribution is 5.78. The van der Waals surface area contributed by atoms with E-state index in [1.165, 1.54) is 9.25 Å². The fourth-order valence-electron chi connectivity index (χ4n) is 5.29. The molecule has 0 spiro atoms. The van der Waals surface area contributed by atoms with Gasteiger partial charge in [-0.05, 0) is 41.7 Å². The van der Waals surface area contributed by atoms with Crippen LogP contribution in [0.4, 0.5) is 13.2 Å². The van der Waals surface area contributed by atoms with E-state index in [1.54, 1.807) is 24.7 Å². The number of nitrogens with zero attached hydrogens (tertiary/aromatic N) is 7. The minimum Gasteiger partial charge on any atom is -0.293 e. The number of rotatable bonds is 4. The van der Waals surface area contributed by atoms with Crippen molar-refractivity contribution >= 4 is 11.2 Å². The Kier molecular flexibility index (Phi) is 6.42. The molecule has 0 aliphatic carbocycles. The van der Waals surface area contributed by atoms with Crippen LogP contribution in [0.15, 0.2) is 35.1 Å². The number of hydrogen-bond acceptors (Lipinski definition) is 5. The van der Waals surface area contributed by atoms with Crippen molar-refractivity contribution in [3.63, 3.8) is 0 Å². The molecule has 1 aliphatic heterocycles. The molecule has 0 amide bonds. The molecule has 11 heteroatoms. The van der Waals surface area contributed by atoms with E-state index in [1.807, 2.05) is 24.3 Å². The Bertz CT molecular complexity index is 1680. The van der Waals surface area contributed by atoms with Gasteiger partial charge in [0.15, 0.2) is 11.3 Å². The fourth-order valence-corrected chi connectivity index (χ4v) is 5.29. The largest absolute Gasteiger partial charge is 0.435 e. The van der Waals surface area contributed by atoms with Crippen molar-refractivity contribution in [1.29, 1.82) is 5.26 Å². The van der Waals surface area contributed by atoms with E-state index < -0.39 is 11.9 Å². The van der Waals surface area contributed by atoms with Gasteiger partial charge in [-0.3, -0.25) is 18.7 Å². The van der Waals surface area contributed by atoms with Crippen molar-refractivity contribution in [2.24, 2.45) is 19.5 Å². The number of hydrogen-bond donors (Lipinski definition) is 0. The second-order valence-corrected chi connectivity index (χ2v) is 11.4. The third kappa shape index (κ3) is 4.96. The molecule has 1 aliphatic rings. The summed E-state index contributed by atoms with van der Waals surface area (Å²) in [6, 6.07) is 11.4. The number of imidazole rings is 1. The van der Waals surface area contributed by atoms with Crippen molar-refractivity contribution in [2.45, 2.75) is 53.0 Å². The van der Waals surface area contributed by atoms with Crippen LogP contribution in [0.25, 0.3) is 22.4 Å². The van der Waals surface area contributed by atoms with E-state index >= 15 is 0 Å². The molecule has 204 valence electrons. The highest BCUT2D eigenvalue weighted by Crippen LogP contribution is 2.35. The minimum atomic E-state index is -4.47. The molecule has 8 nitrogen and oxygen atoms in total. The molecule has 4 heterocycles. The third-order valence-electron chi connectivity index (χ3n) is 7.09. The lowest BCUT2D eigenvalue weighted by Gasteiger charge is -2.28. The van der Waals surface area contributed by atoms with Crippen LogP contribution in [0.5, 0.6) is 0 Å². The summed E-state index contributed by atoms with van der Waals surface area (Å²) in [5.41, 5.74) is 3.64. The Morgan fingerprint density at radius 1 is 1.10 bits per heavy atom. The molecule has 0 unspecified atom stereocenters. The first-order valence-corrected chi connectivity index (χ1v) is 12.7. The maximum Gasteiger partial charge on any atom is 0.435 e. The first-order chi connectivity index (χ1) is 18.3. The van der Waals surface area contributed by atoms with Crippen LogP contribution in [0, 0.1) is 16.7 Å². The maximum atomic E-state index is 13.4. The normalized spacial score (nSPS) is 14.5. The van der Waals surface area contributed by atoms with E-state index in [9.17, 15) is 23.2 Å². The van der Waals surface area contributed by atoms with Crippen LogP contribution in [0.2, 0.25) is 0 Å². The van der Waals surface area contributed by atoms with Gasteiger partial charge >= 0.3 is 11.9 Å². The van der Waals surface area contributed by atoms with Gasteiger partial charge in [0.1, 0.15) is 0 Å². The summed E-state index contributed by atoms with van der Waals surface area (Å²) >= 11 is 0. The SMILES string of the molecule is Cn1nc(C(F)(F)F)c2c1CN(Cc1ccc(C#N)c(-c3ccc4c(n3)n(C)c(=O)n4CC(C)(C)C)c1)CC2. The number of benzene rings is 1. The van der Waals surface area contributed by atoms with Crippen molar-refractivity contribution < 1.29 is 13.2 Å². The van der Waals surface area contributed by atoms with Gasteiger partial charge in [-0.2, -0.15) is 23.5 Å². The number of pyridine rings is 1. The van der Waals surface area contributed by atoms with Crippen LogP contribution in [0.3, 0.4) is 0 Å². The molecule has 0 saturated carbocycles. The van der Waals surface area contributed by atoms with Gasteiger partial charge in [0.05, 0.1) is 28.5 Å². The molecule has 0 fully saturated rings. The minimum absolute atomic E-state index is 0.0991. The number of alkyl halides is 3. The average Bonchev–Trinajstić information content (AvgIpc) is 3.32. The molecule has 0 saturated heterocycles. The molecule has 0 N–H and O–H groups in total. The Morgan fingerprint density at radius 2 is 1.85 bits per heavy atom. The predicted molar refractivity (Wildman–Crippen MR) is 141 cm³/mol. The highest BCUT2D eigenvalue weighted by Gasteiger charge is 2.40. The standard InChI is InChI=1S/C28H30F3N7O/c1-27(2,3)16-38-22-9-8-21(33-25(22)35(4)26(38)39)20-12-17(6-7-18(20)13-32)14-37-11-10-19-23(15-37)36(5)34-24(19)28(29,30)31/h6-9,12H,10-11,14-16H2,1-5H3. The lowest BCUT2D eigenvalue weighted by atomic mass is 9.97. The second kappa shape index (κ2) is 9.38. The molecule has 0 radical (unpaired) electrons. The number of fused-ring (bicyclic) bond motifs is 2. The van der Waals surface area contributed by atoms with Gasteiger partial charge in [0, 0.05) is 51.4 Å². The van der Waals surface area contributed by atoms with Crippen LogP contribution >= 0.6 is 0 Å². The van der Waals surface area contributed by atoms with Gasteiger partial charge in [0.25, 0.3) is 0 Å². The zero-order valence-electron chi connectivity index (χ0n) is 22.6. The summed E-state index contributed by atoms with van der Waals surface area (Å²) in [7, 11) is 3.23. The van der Waals surface area contributed by atoms with Crippen LogP contribution in [-0.4, -0.2) is 35.3 Å². The lowest BCUT2D eigenvalue weighted by molar-refractivity contribution is -0.142. The summed E-state index contributed by atoms with van der Waals surface area (Å²) < 4.78 is 44.7. The lowest BCUT2D eigenvalue weighted by Crippen LogP contribution is -2.31. The van der Waals surface area contributed by atoms with Crippen molar-refractivity contribution in [2.75, 3.05) is 6.54 Å². The van der Waals surface area contributed by atoms with Gasteiger partial charge in [-0.1, -0.05) is 26.8 Å². The second-order valence-electron chi connectivity index (χ2n) is 11.4. The Balaban J connectivity index is 1.46. The molecule has 1 aromatic carbocycles. The smallest absolute Gasteiger partial charge is 0.293 e. The van der Waals surface area contributed by atoms with Gasteiger partial charge in [-0.15, -0.1) is 0 Å². The Labute approximate surface area is 223 Å². The van der Waals surface area contributed by atoms with Gasteiger partial charge in [0.2, 0.25) is 0 Å². The van der Waals surface area contributed by atoms with Crippen LogP contribution in [0.1, 0.15) is 48.8 Å². The van der Waals surface area contributed by atoms with Gasteiger partial charge in [-0.25, -0.2) is 9.78 Å². The molecule has 3 aromatic heterocycles. The van der Waals surface area contributed by atoms with E-state index in [-0.39, 0.29) is 23.1 Å². The van der Waals surface area contributed by atoms with Crippen molar-refractivity contribution in [1.82, 2.24) is 28.8 Å². The van der Waals surface area contributed by atoms with Gasteiger partial charge < -0.3 is 0 Å². The number of halogens is 3. The van der Waals surface area contributed by atoms with Crippen LogP contribution < -0.4 is 5.69 Å². The van der Waals surface area contributed by atoms with E-state index in [4.69, 9.17) is 4.98 Å². The zero-order chi connectivity index (χ0) is 28.3. The Hall–Kier alpha value is -3.91. The molecular weight excluding hydrogens is 507 g/mol. The summed E-state index contributed by atoms with van der Waals surface area (Å²) in [5, 5.41) is 13.5. The Morgan fingerprint density at radius 3 is 2.51 bits per heavy atom. The molecule has 0 bridgehead atoms. The van der Waals surface area contributed by atoms with Crippen LogP contribution in [-0.2, 0) is 46.3 Å². The number of nitriles is 1. The third-order valence-corrected chi connectivity index (χ3v) is 7.09. The maximum absolute atomic E-state index is 13.4. The topological polar surface area (TPSA) is 84.7 Å². The van der Waals surface area contributed by atoms with Crippen molar-refractivity contribution in [3.8, 4) is 17.3 Å². The van der Waals surface area contributed by atoms with E-state index in [2.05, 4.69) is 36.8 Å². The summed E-state index contributed by atoms with van der Waals surface area (Å²) in [6.45, 7) is 8.05. The average molecular weight is 538 g/mol. The monoisotopic (exact) mass is 537 g/mol. The fraction of sp³-hybridized carbons (Fsp3) is 0.429. The quantitative estimate of drug-likeness (QED) is 0.379. The molecular formula is C28H30F3N7O. The molecule has 4 aromatic rings. The zero-order valence-corrected chi connectivity index (χ0v) is 22.6. The van der Waals surface area contributed by atoms with Crippen molar-refractivity contribution in [3.05, 3.63) is 68.9 Å². The molecule has 0 atom stereocenters. The van der Waals surface area contributed by atoms with E-state index in [0.717, 1.165) is 11.1 Å². The molecule has 39 heavy (non-hydrogen) atoms. The first-order valence-electron chi connectivity index (χ1n) is 12.7. The van der Waals surface area contributed by atoms with E-state index in [0.29, 0.717) is 54.3 Å². The number of aromatic nitrogens is 5. The predicted octanol–water partition coefficient (Wildman–Crippen LogP) is 4.63. The number of aryl methyl sites for hydroxylation is 2. The summed E-state index contributed by atoms with van der Waals surface area (Å²) in [4.78, 5) is 19.8. The summed E-state index contributed by atoms with van der Waals surface area (Å²) in [5.74, 6) is 0. The molecule has 5 rings (SSSR count). The first kappa shape index (κ1) is 26.7. The highest BCUT2D eigenvalue weighted by atomic mass is 19.4.